The van der Waals surface area contributed by atoms with Gasteiger partial charge < -0.3 is 5.32 Å². The molecule has 0 unspecified atom stereocenters. The molecule has 0 aliphatic carbocycles. The summed E-state index contributed by atoms with van der Waals surface area (Å²) in [5.41, 5.74) is 3.25. The number of hydrogen-bond donors (Lipinski definition) is 1. The van der Waals surface area contributed by atoms with E-state index in [9.17, 15) is 0 Å². The highest BCUT2D eigenvalue weighted by Gasteiger charge is 2.39. The Morgan fingerprint density at radius 3 is 2.60 bits per heavy atom. The molecule has 1 aromatic carbocycles. The third-order valence-electron chi connectivity index (χ3n) is 2.91. The molecule has 2 atom stereocenters. The van der Waals surface area contributed by atoms with Crippen molar-refractivity contribution in [2.75, 3.05) is 5.32 Å². The predicted octanol–water partition coefficient (Wildman–Crippen LogP) is 4.09. The highest BCUT2D eigenvalue weighted by Crippen LogP contribution is 2.44. The largest absolute Gasteiger partial charge is 0.378 e. The number of hydrogen-bond acceptors (Lipinski definition) is 1. The molecule has 0 fully saturated rings. The molecule has 0 spiro atoms. The number of rotatable bonds is 0. The van der Waals surface area contributed by atoms with Crippen LogP contribution in [-0.2, 0) is 0 Å². The fourth-order valence-corrected chi connectivity index (χ4v) is 2.65. The van der Waals surface area contributed by atoms with E-state index in [0.717, 1.165) is 11.3 Å². The summed E-state index contributed by atoms with van der Waals surface area (Å²) in [5.74, 6) is 0. The average molecular weight is 244 g/mol. The Hall–Kier alpha value is -0.400. The van der Waals surface area contributed by atoms with Crippen LogP contribution in [0, 0.1) is 6.92 Å². The van der Waals surface area contributed by atoms with E-state index in [2.05, 4.69) is 44.3 Å². The van der Waals surface area contributed by atoms with Gasteiger partial charge in [-0.1, -0.05) is 17.7 Å². The van der Waals surface area contributed by atoms with Gasteiger partial charge in [0.15, 0.2) is 0 Å². The molecule has 1 nitrogen and oxygen atoms in total. The van der Waals surface area contributed by atoms with Gasteiger partial charge in [-0.15, -0.1) is 23.2 Å². The quantitative estimate of drug-likeness (QED) is 0.678. The third-order valence-corrected chi connectivity index (χ3v) is 4.32. The molecule has 2 rings (SSSR count). The molecule has 0 bridgehead atoms. The number of halogens is 2. The van der Waals surface area contributed by atoms with Crippen LogP contribution < -0.4 is 5.32 Å². The van der Waals surface area contributed by atoms with Crippen LogP contribution in [0.2, 0.25) is 0 Å². The van der Waals surface area contributed by atoms with Crippen molar-refractivity contribution in [3.63, 3.8) is 0 Å². The van der Waals surface area contributed by atoms with Gasteiger partial charge in [0.2, 0.25) is 0 Å². The SMILES string of the molecule is Cc1ccc2c(c1)[C@@H](Cl)[C@H](Cl)C(C)(C)N2. The molecule has 0 saturated carbocycles. The summed E-state index contributed by atoms with van der Waals surface area (Å²) in [6.45, 7) is 6.21. The molecular formula is C12H15Cl2N. The van der Waals surface area contributed by atoms with Gasteiger partial charge in [-0.2, -0.15) is 0 Å². The van der Waals surface area contributed by atoms with E-state index in [-0.39, 0.29) is 16.3 Å². The zero-order valence-electron chi connectivity index (χ0n) is 9.14. The summed E-state index contributed by atoms with van der Waals surface area (Å²) < 4.78 is 0. The number of alkyl halides is 2. The topological polar surface area (TPSA) is 12.0 Å². The van der Waals surface area contributed by atoms with E-state index in [1.165, 1.54) is 5.56 Å². The predicted molar refractivity (Wildman–Crippen MR) is 67.1 cm³/mol. The van der Waals surface area contributed by atoms with Crippen molar-refractivity contribution >= 4 is 28.9 Å². The molecule has 0 saturated heterocycles. The van der Waals surface area contributed by atoms with Gasteiger partial charge in [-0.3, -0.25) is 0 Å². The second-order valence-corrected chi connectivity index (χ2v) is 5.68. The highest BCUT2D eigenvalue weighted by atomic mass is 35.5. The second-order valence-electron chi connectivity index (χ2n) is 4.74. The fraction of sp³-hybridized carbons (Fsp3) is 0.500. The maximum Gasteiger partial charge on any atom is 0.0791 e. The van der Waals surface area contributed by atoms with Crippen LogP contribution in [0.5, 0.6) is 0 Å². The van der Waals surface area contributed by atoms with Crippen molar-refractivity contribution in [1.29, 1.82) is 0 Å². The summed E-state index contributed by atoms with van der Waals surface area (Å²) in [6, 6.07) is 6.26. The number of anilines is 1. The Kier molecular flexibility index (Phi) is 2.64. The number of aryl methyl sites for hydroxylation is 1. The highest BCUT2D eigenvalue weighted by molar-refractivity contribution is 6.31. The summed E-state index contributed by atoms with van der Waals surface area (Å²) >= 11 is 12.7. The molecule has 1 aliphatic heterocycles. The van der Waals surface area contributed by atoms with E-state index in [1.54, 1.807) is 0 Å². The molecule has 3 heteroatoms. The van der Waals surface area contributed by atoms with E-state index in [1.807, 2.05) is 0 Å². The van der Waals surface area contributed by atoms with Crippen molar-refractivity contribution in [1.82, 2.24) is 0 Å². The van der Waals surface area contributed by atoms with Crippen LogP contribution in [-0.4, -0.2) is 10.9 Å². The zero-order chi connectivity index (χ0) is 11.2. The molecule has 1 N–H and O–H groups in total. The third kappa shape index (κ3) is 1.83. The molecule has 0 amide bonds. The Bertz CT molecular complexity index is 387. The monoisotopic (exact) mass is 243 g/mol. The van der Waals surface area contributed by atoms with Gasteiger partial charge in [0.25, 0.3) is 0 Å². The lowest BCUT2D eigenvalue weighted by molar-refractivity contribution is 0.501. The van der Waals surface area contributed by atoms with Crippen LogP contribution in [0.3, 0.4) is 0 Å². The van der Waals surface area contributed by atoms with Crippen LogP contribution in [0.25, 0.3) is 0 Å². The van der Waals surface area contributed by atoms with Gasteiger partial charge >= 0.3 is 0 Å². The summed E-state index contributed by atoms with van der Waals surface area (Å²) in [5, 5.41) is 3.20. The van der Waals surface area contributed by atoms with Gasteiger partial charge in [0.1, 0.15) is 0 Å². The molecular weight excluding hydrogens is 229 g/mol. The number of fused-ring (bicyclic) bond motifs is 1. The summed E-state index contributed by atoms with van der Waals surface area (Å²) in [7, 11) is 0. The minimum absolute atomic E-state index is 0.103. The molecule has 1 aliphatic rings. The average Bonchev–Trinajstić information content (AvgIpc) is 2.16. The lowest BCUT2D eigenvalue weighted by Crippen LogP contribution is -2.46. The van der Waals surface area contributed by atoms with Crippen LogP contribution >= 0.6 is 23.2 Å². The second kappa shape index (κ2) is 3.57. The maximum atomic E-state index is 6.38. The number of benzene rings is 1. The molecule has 82 valence electrons. The summed E-state index contributed by atoms with van der Waals surface area (Å²) in [4.78, 5) is 0. The molecule has 0 radical (unpaired) electrons. The maximum absolute atomic E-state index is 6.38. The first-order chi connectivity index (χ1) is 6.92. The van der Waals surface area contributed by atoms with Crippen molar-refractivity contribution in [2.45, 2.75) is 37.1 Å². The first-order valence-electron chi connectivity index (χ1n) is 5.09. The Morgan fingerprint density at radius 2 is 1.93 bits per heavy atom. The van der Waals surface area contributed by atoms with Crippen molar-refractivity contribution in [3.05, 3.63) is 29.3 Å². The van der Waals surface area contributed by atoms with E-state index in [4.69, 9.17) is 23.2 Å². The Balaban J connectivity index is 2.50. The van der Waals surface area contributed by atoms with Crippen molar-refractivity contribution in [2.24, 2.45) is 0 Å². The molecule has 1 heterocycles. The minimum Gasteiger partial charge on any atom is -0.378 e. The zero-order valence-corrected chi connectivity index (χ0v) is 10.7. The van der Waals surface area contributed by atoms with Gasteiger partial charge in [0, 0.05) is 11.2 Å². The van der Waals surface area contributed by atoms with Gasteiger partial charge in [-0.05, 0) is 32.4 Å². The first kappa shape index (κ1) is 11.1. The van der Waals surface area contributed by atoms with Crippen LogP contribution in [0.15, 0.2) is 18.2 Å². The van der Waals surface area contributed by atoms with E-state index in [0.29, 0.717) is 0 Å². The number of nitrogens with one attached hydrogen (secondary N) is 1. The molecule has 1 aromatic rings. The molecule has 15 heavy (non-hydrogen) atoms. The van der Waals surface area contributed by atoms with E-state index >= 15 is 0 Å². The van der Waals surface area contributed by atoms with Gasteiger partial charge in [0.05, 0.1) is 10.8 Å². The van der Waals surface area contributed by atoms with Crippen molar-refractivity contribution < 1.29 is 0 Å². The Morgan fingerprint density at radius 1 is 1.27 bits per heavy atom. The smallest absolute Gasteiger partial charge is 0.0791 e. The first-order valence-corrected chi connectivity index (χ1v) is 5.96. The van der Waals surface area contributed by atoms with Crippen LogP contribution in [0.4, 0.5) is 5.69 Å². The summed E-state index contributed by atoms with van der Waals surface area (Å²) in [6.07, 6.45) is 0. The van der Waals surface area contributed by atoms with Crippen molar-refractivity contribution in [3.8, 4) is 0 Å². The molecule has 0 aromatic heterocycles. The lowest BCUT2D eigenvalue weighted by atomic mass is 9.88. The van der Waals surface area contributed by atoms with E-state index < -0.39 is 0 Å². The normalized spacial score (nSPS) is 28.1. The van der Waals surface area contributed by atoms with Gasteiger partial charge in [-0.25, -0.2) is 0 Å². The van der Waals surface area contributed by atoms with Crippen LogP contribution in [0.1, 0.15) is 30.4 Å². The minimum atomic E-state index is -0.170. The standard InChI is InChI=1S/C12H15Cl2N/c1-7-4-5-9-8(6-7)10(13)11(14)12(2,3)15-9/h4-6,10-11,15H,1-3H3/t10-,11+/m1/s1. The Labute approximate surface area is 101 Å². The fourth-order valence-electron chi connectivity index (χ4n) is 1.96. The lowest BCUT2D eigenvalue weighted by Gasteiger charge is -2.41.